The van der Waals surface area contributed by atoms with Gasteiger partial charge in [-0.05, 0) is 30.6 Å². The van der Waals surface area contributed by atoms with Gasteiger partial charge >= 0.3 is 0 Å². The fourth-order valence-electron chi connectivity index (χ4n) is 2.99. The number of hydrogen-bond donors (Lipinski definition) is 2. The lowest BCUT2D eigenvalue weighted by molar-refractivity contribution is 0.107. The molecule has 13 heavy (non-hydrogen) atoms. The molecule has 1 rings (SSSR count). The Morgan fingerprint density at radius 1 is 1.62 bits per heavy atom. The van der Waals surface area contributed by atoms with Crippen molar-refractivity contribution in [2.75, 3.05) is 6.61 Å². The lowest BCUT2D eigenvalue weighted by Gasteiger charge is -2.38. The molecule has 0 spiro atoms. The fraction of sp³-hybridized carbons (Fsp3) is 1.00. The van der Waals surface area contributed by atoms with Gasteiger partial charge in [-0.15, -0.1) is 0 Å². The minimum Gasteiger partial charge on any atom is -0.396 e. The van der Waals surface area contributed by atoms with Crippen LogP contribution in [0.15, 0.2) is 0 Å². The maximum atomic E-state index is 9.10. The van der Waals surface area contributed by atoms with E-state index in [2.05, 4.69) is 13.8 Å². The highest BCUT2D eigenvalue weighted by molar-refractivity contribution is 4.96. The van der Waals surface area contributed by atoms with E-state index in [0.29, 0.717) is 5.92 Å². The van der Waals surface area contributed by atoms with Crippen LogP contribution in [-0.2, 0) is 0 Å². The normalized spacial score (nSPS) is 36.5. The van der Waals surface area contributed by atoms with Gasteiger partial charge in [0.25, 0.3) is 0 Å². The Hall–Kier alpha value is -0.0800. The van der Waals surface area contributed by atoms with Crippen LogP contribution in [0.25, 0.3) is 0 Å². The van der Waals surface area contributed by atoms with E-state index in [0.717, 1.165) is 12.8 Å². The van der Waals surface area contributed by atoms with Crippen LogP contribution in [0.3, 0.4) is 0 Å². The predicted octanol–water partition coefficient (Wildman–Crippen LogP) is 1.91. The summed E-state index contributed by atoms with van der Waals surface area (Å²) in [5.41, 5.74) is 6.42. The maximum Gasteiger partial charge on any atom is 0.0437 e. The minimum atomic E-state index is 0.240. The molecule has 0 bridgehead atoms. The summed E-state index contributed by atoms with van der Waals surface area (Å²) in [6.45, 7) is 4.73. The zero-order chi connectivity index (χ0) is 9.90. The van der Waals surface area contributed by atoms with Crippen molar-refractivity contribution < 1.29 is 5.11 Å². The average Bonchev–Trinajstić information content (AvgIpc) is 2.48. The summed E-state index contributed by atoms with van der Waals surface area (Å²) in [5.74, 6) is 0.689. The largest absolute Gasteiger partial charge is 0.396 e. The van der Waals surface area contributed by atoms with Gasteiger partial charge in [0.15, 0.2) is 0 Å². The molecule has 1 fully saturated rings. The lowest BCUT2D eigenvalue weighted by atomic mass is 9.70. The molecule has 0 aromatic heterocycles. The minimum absolute atomic E-state index is 0.240. The second kappa shape index (κ2) is 4.43. The first-order valence-corrected chi connectivity index (χ1v) is 5.53. The Bertz CT molecular complexity index is 160. The standard InChI is InChI=1S/C11H23NO/c1-3-10(12)11(7-8-13)6-4-5-9(11)2/h9-10,13H,3-8,12H2,1-2H3. The monoisotopic (exact) mass is 185 g/mol. The summed E-state index contributed by atoms with van der Waals surface area (Å²) in [4.78, 5) is 0. The highest BCUT2D eigenvalue weighted by atomic mass is 16.3. The van der Waals surface area contributed by atoms with Crippen LogP contribution in [0.4, 0.5) is 0 Å². The van der Waals surface area contributed by atoms with Gasteiger partial charge in [0.1, 0.15) is 0 Å². The predicted molar refractivity (Wildman–Crippen MR) is 55.4 cm³/mol. The summed E-state index contributed by atoms with van der Waals surface area (Å²) in [7, 11) is 0. The molecule has 2 nitrogen and oxygen atoms in total. The first-order valence-electron chi connectivity index (χ1n) is 5.53. The topological polar surface area (TPSA) is 46.2 Å². The molecule has 0 aliphatic heterocycles. The van der Waals surface area contributed by atoms with Crippen LogP contribution in [0, 0.1) is 11.3 Å². The number of aliphatic hydroxyl groups is 1. The Morgan fingerprint density at radius 3 is 2.69 bits per heavy atom. The van der Waals surface area contributed by atoms with Crippen molar-refractivity contribution in [3.05, 3.63) is 0 Å². The van der Waals surface area contributed by atoms with Crippen LogP contribution < -0.4 is 5.73 Å². The van der Waals surface area contributed by atoms with Crippen molar-refractivity contribution in [1.29, 1.82) is 0 Å². The van der Waals surface area contributed by atoms with Gasteiger partial charge in [-0.3, -0.25) is 0 Å². The quantitative estimate of drug-likeness (QED) is 0.703. The van der Waals surface area contributed by atoms with E-state index in [1.165, 1.54) is 19.3 Å². The highest BCUT2D eigenvalue weighted by Gasteiger charge is 2.43. The van der Waals surface area contributed by atoms with Gasteiger partial charge in [-0.25, -0.2) is 0 Å². The molecule has 0 heterocycles. The summed E-state index contributed by atoms with van der Waals surface area (Å²) in [5, 5.41) is 9.10. The molecule has 3 N–H and O–H groups in total. The molecular weight excluding hydrogens is 162 g/mol. The van der Waals surface area contributed by atoms with E-state index in [9.17, 15) is 0 Å². The molecule has 0 aromatic rings. The number of rotatable bonds is 4. The van der Waals surface area contributed by atoms with E-state index in [1.54, 1.807) is 0 Å². The van der Waals surface area contributed by atoms with E-state index in [1.807, 2.05) is 0 Å². The molecule has 3 atom stereocenters. The number of nitrogens with two attached hydrogens (primary N) is 1. The second-order valence-corrected chi connectivity index (χ2v) is 4.51. The van der Waals surface area contributed by atoms with Crippen molar-refractivity contribution in [2.24, 2.45) is 17.1 Å². The van der Waals surface area contributed by atoms with Crippen molar-refractivity contribution in [1.82, 2.24) is 0 Å². The molecule has 78 valence electrons. The van der Waals surface area contributed by atoms with E-state index in [4.69, 9.17) is 10.8 Å². The third-order valence-corrected chi connectivity index (χ3v) is 4.02. The zero-order valence-corrected chi connectivity index (χ0v) is 8.92. The Morgan fingerprint density at radius 2 is 2.31 bits per heavy atom. The molecule has 0 aromatic carbocycles. The molecule has 3 unspecified atom stereocenters. The van der Waals surface area contributed by atoms with Crippen LogP contribution >= 0.6 is 0 Å². The third-order valence-electron chi connectivity index (χ3n) is 4.02. The van der Waals surface area contributed by atoms with Gasteiger partial charge < -0.3 is 10.8 Å². The van der Waals surface area contributed by atoms with Crippen LogP contribution in [0.1, 0.15) is 46.0 Å². The van der Waals surface area contributed by atoms with Crippen molar-refractivity contribution in [3.8, 4) is 0 Å². The van der Waals surface area contributed by atoms with E-state index in [-0.39, 0.29) is 18.1 Å². The van der Waals surface area contributed by atoms with Gasteiger partial charge in [0.2, 0.25) is 0 Å². The fourth-order valence-corrected chi connectivity index (χ4v) is 2.99. The number of aliphatic hydroxyl groups excluding tert-OH is 1. The van der Waals surface area contributed by atoms with Gasteiger partial charge in [0, 0.05) is 12.6 Å². The zero-order valence-electron chi connectivity index (χ0n) is 8.92. The number of hydrogen-bond acceptors (Lipinski definition) is 2. The molecular formula is C11H23NO. The van der Waals surface area contributed by atoms with Crippen molar-refractivity contribution >= 4 is 0 Å². The average molecular weight is 185 g/mol. The van der Waals surface area contributed by atoms with Crippen molar-refractivity contribution in [2.45, 2.75) is 52.0 Å². The Kier molecular flexibility index (Phi) is 3.74. The van der Waals surface area contributed by atoms with E-state index < -0.39 is 0 Å². The molecule has 1 aliphatic carbocycles. The Balaban J connectivity index is 2.73. The molecule has 0 amide bonds. The second-order valence-electron chi connectivity index (χ2n) is 4.51. The molecule has 0 radical (unpaired) electrons. The first-order chi connectivity index (χ1) is 6.17. The lowest BCUT2D eigenvalue weighted by Crippen LogP contribution is -2.43. The third kappa shape index (κ3) is 1.89. The van der Waals surface area contributed by atoms with E-state index >= 15 is 0 Å². The SMILES string of the molecule is CCC(N)C1(CCO)CCCC1C. The smallest absolute Gasteiger partial charge is 0.0437 e. The summed E-state index contributed by atoms with van der Waals surface area (Å²) in [6, 6.07) is 0.275. The summed E-state index contributed by atoms with van der Waals surface area (Å²) in [6.07, 6.45) is 5.71. The van der Waals surface area contributed by atoms with Gasteiger partial charge in [-0.1, -0.05) is 26.7 Å². The molecule has 2 heteroatoms. The van der Waals surface area contributed by atoms with Crippen LogP contribution in [0.2, 0.25) is 0 Å². The van der Waals surface area contributed by atoms with Crippen molar-refractivity contribution in [3.63, 3.8) is 0 Å². The van der Waals surface area contributed by atoms with Gasteiger partial charge in [-0.2, -0.15) is 0 Å². The summed E-state index contributed by atoms with van der Waals surface area (Å²) >= 11 is 0. The molecule has 1 aliphatic rings. The maximum absolute atomic E-state index is 9.10. The Labute approximate surface area is 81.5 Å². The van der Waals surface area contributed by atoms with Gasteiger partial charge in [0.05, 0.1) is 0 Å². The van der Waals surface area contributed by atoms with Crippen LogP contribution in [0.5, 0.6) is 0 Å². The van der Waals surface area contributed by atoms with Crippen LogP contribution in [-0.4, -0.2) is 17.8 Å². The highest BCUT2D eigenvalue weighted by Crippen LogP contribution is 2.48. The first kappa shape index (κ1) is 11.0. The molecule has 0 saturated heterocycles. The molecule has 1 saturated carbocycles. The summed E-state index contributed by atoms with van der Waals surface area (Å²) < 4.78 is 0.